The van der Waals surface area contributed by atoms with E-state index >= 15 is 0 Å². The summed E-state index contributed by atoms with van der Waals surface area (Å²) in [6.07, 6.45) is 0. The minimum Gasteiger partial charge on any atom is -0.479 e. The number of nitrogens with zero attached hydrogens (tertiary/aromatic N) is 1. The van der Waals surface area contributed by atoms with Crippen LogP contribution in [-0.4, -0.2) is 6.61 Å². The van der Waals surface area contributed by atoms with Gasteiger partial charge in [-0.1, -0.05) is 28.1 Å². The summed E-state index contributed by atoms with van der Waals surface area (Å²) in [6.45, 7) is 4.97. The van der Waals surface area contributed by atoms with Gasteiger partial charge >= 0.3 is 0 Å². The van der Waals surface area contributed by atoms with Crippen molar-refractivity contribution in [3.8, 4) is 11.8 Å². The minimum absolute atomic E-state index is 0.0712. The van der Waals surface area contributed by atoms with Crippen molar-refractivity contribution >= 4 is 21.6 Å². The molecule has 0 unspecified atom stereocenters. The number of halogens is 1. The second kappa shape index (κ2) is 7.14. The predicted molar refractivity (Wildman–Crippen MR) is 88.5 cm³/mol. The molecule has 0 atom stereocenters. The molecule has 3 nitrogen and oxygen atoms in total. The molecule has 1 N–H and O–H groups in total. The van der Waals surface area contributed by atoms with Crippen LogP contribution < -0.4 is 10.1 Å². The van der Waals surface area contributed by atoms with Gasteiger partial charge in [0.15, 0.2) is 6.61 Å². The first-order valence-corrected chi connectivity index (χ1v) is 7.49. The fraction of sp³-hybridized carbons (Fsp3) is 0.235. The maximum Gasteiger partial charge on any atom is 0.174 e. The van der Waals surface area contributed by atoms with E-state index in [0.29, 0.717) is 6.54 Å². The first-order valence-electron chi connectivity index (χ1n) is 6.69. The number of rotatable bonds is 5. The lowest BCUT2D eigenvalue weighted by Crippen LogP contribution is -2.03. The maximum atomic E-state index is 8.54. The molecule has 0 bridgehead atoms. The number of aryl methyl sites for hydroxylation is 2. The van der Waals surface area contributed by atoms with Crippen LogP contribution in [0.1, 0.15) is 16.7 Å². The van der Waals surface area contributed by atoms with Crippen LogP contribution in [0, 0.1) is 25.2 Å². The molecular weight excluding hydrogens is 328 g/mol. The van der Waals surface area contributed by atoms with Crippen LogP contribution >= 0.6 is 15.9 Å². The van der Waals surface area contributed by atoms with Gasteiger partial charge in [0.05, 0.1) is 0 Å². The van der Waals surface area contributed by atoms with Gasteiger partial charge in [-0.3, -0.25) is 0 Å². The summed E-state index contributed by atoms with van der Waals surface area (Å²) in [5.74, 6) is 0.722. The molecule has 0 aliphatic rings. The molecule has 21 heavy (non-hydrogen) atoms. The Labute approximate surface area is 133 Å². The Balaban J connectivity index is 2.08. The molecule has 0 aliphatic heterocycles. The number of benzene rings is 2. The SMILES string of the molecule is Cc1cc(Br)cc(C)c1NCc1cccc(OCC#N)c1. The fourth-order valence-electron chi connectivity index (χ4n) is 2.24. The molecule has 2 aromatic carbocycles. The largest absolute Gasteiger partial charge is 0.479 e. The van der Waals surface area contributed by atoms with Crippen molar-refractivity contribution in [2.75, 3.05) is 11.9 Å². The maximum absolute atomic E-state index is 8.54. The van der Waals surface area contributed by atoms with E-state index in [1.54, 1.807) is 0 Å². The van der Waals surface area contributed by atoms with Crippen LogP contribution in [0.2, 0.25) is 0 Å². The molecule has 0 spiro atoms. The van der Waals surface area contributed by atoms with Gasteiger partial charge in [0.25, 0.3) is 0 Å². The molecular formula is C17H17BrN2O. The van der Waals surface area contributed by atoms with Gasteiger partial charge in [0.2, 0.25) is 0 Å². The number of hydrogen-bond acceptors (Lipinski definition) is 3. The third kappa shape index (κ3) is 4.24. The zero-order chi connectivity index (χ0) is 15.2. The van der Waals surface area contributed by atoms with Gasteiger partial charge in [-0.2, -0.15) is 5.26 Å². The van der Waals surface area contributed by atoms with E-state index < -0.39 is 0 Å². The van der Waals surface area contributed by atoms with Crippen LogP contribution in [0.15, 0.2) is 40.9 Å². The average molecular weight is 345 g/mol. The van der Waals surface area contributed by atoms with Gasteiger partial charge in [0.1, 0.15) is 11.8 Å². The highest BCUT2D eigenvalue weighted by Gasteiger charge is 2.04. The summed E-state index contributed by atoms with van der Waals surface area (Å²) in [4.78, 5) is 0. The monoisotopic (exact) mass is 344 g/mol. The lowest BCUT2D eigenvalue weighted by molar-refractivity contribution is 0.368. The standard InChI is InChI=1S/C17H17BrN2O/c1-12-8-15(18)9-13(2)17(12)20-11-14-4-3-5-16(10-14)21-7-6-19/h3-5,8-10,20H,7,11H2,1-2H3. The number of hydrogen-bond donors (Lipinski definition) is 1. The van der Waals surface area contributed by atoms with Crippen molar-refractivity contribution in [1.29, 1.82) is 5.26 Å². The molecule has 0 fully saturated rings. The Bertz CT molecular complexity index is 654. The zero-order valence-corrected chi connectivity index (χ0v) is 13.7. The summed E-state index contributed by atoms with van der Waals surface area (Å²) in [5.41, 5.74) is 4.69. The third-order valence-corrected chi connectivity index (χ3v) is 3.63. The Kier molecular flexibility index (Phi) is 5.24. The molecule has 4 heteroatoms. The van der Waals surface area contributed by atoms with E-state index in [9.17, 15) is 0 Å². The van der Waals surface area contributed by atoms with Crippen molar-refractivity contribution in [2.24, 2.45) is 0 Å². The topological polar surface area (TPSA) is 45.0 Å². The molecule has 0 saturated heterocycles. The van der Waals surface area contributed by atoms with Gasteiger partial charge < -0.3 is 10.1 Å². The fourth-order valence-corrected chi connectivity index (χ4v) is 2.93. The van der Waals surface area contributed by atoms with E-state index in [-0.39, 0.29) is 6.61 Å². The van der Waals surface area contributed by atoms with Crippen LogP contribution in [-0.2, 0) is 6.54 Å². The summed E-state index contributed by atoms with van der Waals surface area (Å²) in [5, 5.41) is 12.0. The van der Waals surface area contributed by atoms with E-state index in [4.69, 9.17) is 10.00 Å². The summed E-state index contributed by atoms with van der Waals surface area (Å²) < 4.78 is 6.41. The van der Waals surface area contributed by atoms with Crippen molar-refractivity contribution in [3.05, 3.63) is 57.6 Å². The highest BCUT2D eigenvalue weighted by molar-refractivity contribution is 9.10. The van der Waals surface area contributed by atoms with Crippen molar-refractivity contribution in [3.63, 3.8) is 0 Å². The summed E-state index contributed by atoms with van der Waals surface area (Å²) in [6, 6.07) is 14.0. The Morgan fingerprint density at radius 1 is 1.19 bits per heavy atom. The highest BCUT2D eigenvalue weighted by atomic mass is 79.9. The molecule has 0 heterocycles. The normalized spacial score (nSPS) is 10.0. The highest BCUT2D eigenvalue weighted by Crippen LogP contribution is 2.26. The second-order valence-electron chi connectivity index (χ2n) is 4.86. The van der Waals surface area contributed by atoms with Gasteiger partial charge in [-0.25, -0.2) is 0 Å². The molecule has 0 amide bonds. The molecule has 0 aliphatic carbocycles. The van der Waals surface area contributed by atoms with E-state index in [0.717, 1.165) is 21.5 Å². The molecule has 0 saturated carbocycles. The van der Waals surface area contributed by atoms with Crippen LogP contribution in [0.5, 0.6) is 5.75 Å². The van der Waals surface area contributed by atoms with Crippen LogP contribution in [0.3, 0.4) is 0 Å². The Morgan fingerprint density at radius 3 is 2.57 bits per heavy atom. The molecule has 2 rings (SSSR count). The third-order valence-electron chi connectivity index (χ3n) is 3.17. The summed E-state index contributed by atoms with van der Waals surface area (Å²) in [7, 11) is 0. The zero-order valence-electron chi connectivity index (χ0n) is 12.1. The van der Waals surface area contributed by atoms with E-state index in [1.807, 2.05) is 30.3 Å². The Hall–Kier alpha value is -1.99. The molecule has 0 aromatic heterocycles. The molecule has 2 aromatic rings. The lowest BCUT2D eigenvalue weighted by atomic mass is 10.1. The number of ether oxygens (including phenoxy) is 1. The van der Waals surface area contributed by atoms with Gasteiger partial charge in [0, 0.05) is 16.7 Å². The van der Waals surface area contributed by atoms with Crippen LogP contribution in [0.25, 0.3) is 0 Å². The Morgan fingerprint density at radius 2 is 1.90 bits per heavy atom. The first-order chi connectivity index (χ1) is 10.1. The number of nitrogens with one attached hydrogen (secondary N) is 1. The van der Waals surface area contributed by atoms with E-state index in [1.165, 1.54) is 11.1 Å². The average Bonchev–Trinajstić information content (AvgIpc) is 2.44. The van der Waals surface area contributed by atoms with Gasteiger partial charge in [-0.05, 0) is 54.8 Å². The molecule has 108 valence electrons. The number of nitriles is 1. The van der Waals surface area contributed by atoms with Crippen molar-refractivity contribution < 1.29 is 4.74 Å². The summed E-state index contributed by atoms with van der Waals surface area (Å²) >= 11 is 3.51. The smallest absolute Gasteiger partial charge is 0.174 e. The van der Waals surface area contributed by atoms with Crippen molar-refractivity contribution in [2.45, 2.75) is 20.4 Å². The van der Waals surface area contributed by atoms with Gasteiger partial charge in [-0.15, -0.1) is 0 Å². The second-order valence-corrected chi connectivity index (χ2v) is 5.78. The minimum atomic E-state index is 0.0712. The first kappa shape index (κ1) is 15.4. The number of anilines is 1. The molecule has 0 radical (unpaired) electrons. The van der Waals surface area contributed by atoms with E-state index in [2.05, 4.69) is 47.2 Å². The van der Waals surface area contributed by atoms with Crippen LogP contribution in [0.4, 0.5) is 5.69 Å². The quantitative estimate of drug-likeness (QED) is 0.863. The lowest BCUT2D eigenvalue weighted by Gasteiger charge is -2.14. The predicted octanol–water partition coefficient (Wildman–Crippen LogP) is 4.58. The van der Waals surface area contributed by atoms with Crippen molar-refractivity contribution in [1.82, 2.24) is 0 Å².